The van der Waals surface area contributed by atoms with E-state index in [4.69, 9.17) is 14.2 Å². The molecule has 0 aromatic heterocycles. The van der Waals surface area contributed by atoms with E-state index in [2.05, 4.69) is 91.0 Å². The second-order valence-corrected chi connectivity index (χ2v) is 13.0. The summed E-state index contributed by atoms with van der Waals surface area (Å²) in [4.78, 5) is 14.6. The minimum absolute atomic E-state index is 0.220. The van der Waals surface area contributed by atoms with Crippen molar-refractivity contribution in [3.63, 3.8) is 0 Å². The number of likely N-dealkylation sites (tertiary alicyclic amines) is 1. The Bertz CT molecular complexity index is 1150. The average Bonchev–Trinajstić information content (AvgIpc) is 3.02. The molecule has 2 fully saturated rings. The summed E-state index contributed by atoms with van der Waals surface area (Å²) in [5.41, 5.74) is 2.28. The van der Waals surface area contributed by atoms with Crippen molar-refractivity contribution in [2.24, 2.45) is 17.8 Å². The summed E-state index contributed by atoms with van der Waals surface area (Å²) in [7, 11) is 1.71. The van der Waals surface area contributed by atoms with E-state index >= 15 is 0 Å². The van der Waals surface area contributed by atoms with Crippen molar-refractivity contribution in [3.05, 3.63) is 108 Å². The van der Waals surface area contributed by atoms with Gasteiger partial charge < -0.3 is 14.2 Å². The van der Waals surface area contributed by atoms with Crippen LogP contribution in [0.4, 0.5) is 4.79 Å². The summed E-state index contributed by atoms with van der Waals surface area (Å²) >= 11 is 0. The number of amides is 1. The SMILES string of the molecule is COC1CC(C2CCC(COC(c3ccccc3)(c3ccccc3)c3ccccc3)CC2)CCN1C(=O)OC(C)(C)C. The Morgan fingerprint density at radius 1 is 0.738 bits per heavy atom. The molecule has 1 aliphatic carbocycles. The van der Waals surface area contributed by atoms with Crippen LogP contribution in [0, 0.1) is 17.8 Å². The Labute approximate surface area is 252 Å². The standard InChI is InChI=1S/C37H47NO4/c1-36(2,3)42-35(39)38-25-24-30(26-34(38)40-4)29-22-20-28(21-23-29)27-41-37(31-14-8-5-9-15-31,32-16-10-6-11-17-32)33-18-12-7-13-19-33/h5-19,28-30,34H,20-27H2,1-4H3. The Morgan fingerprint density at radius 3 is 1.69 bits per heavy atom. The maximum atomic E-state index is 12.8. The minimum Gasteiger partial charge on any atom is -0.444 e. The quantitative estimate of drug-likeness (QED) is 0.256. The number of rotatable bonds is 8. The van der Waals surface area contributed by atoms with Crippen LogP contribution in [0.15, 0.2) is 91.0 Å². The predicted octanol–water partition coefficient (Wildman–Crippen LogP) is 8.42. The molecule has 2 unspecified atom stereocenters. The fourth-order valence-electron chi connectivity index (χ4n) is 6.97. The number of benzene rings is 3. The van der Waals surface area contributed by atoms with Gasteiger partial charge in [-0.15, -0.1) is 0 Å². The second-order valence-electron chi connectivity index (χ2n) is 13.0. The van der Waals surface area contributed by atoms with Gasteiger partial charge >= 0.3 is 6.09 Å². The maximum Gasteiger partial charge on any atom is 0.412 e. The van der Waals surface area contributed by atoms with Crippen molar-refractivity contribution in [3.8, 4) is 0 Å². The number of methoxy groups -OCH3 is 1. The first-order chi connectivity index (χ1) is 20.3. The highest BCUT2D eigenvalue weighted by Crippen LogP contribution is 2.43. The van der Waals surface area contributed by atoms with Gasteiger partial charge in [-0.2, -0.15) is 0 Å². The predicted molar refractivity (Wildman–Crippen MR) is 167 cm³/mol. The maximum absolute atomic E-state index is 12.8. The van der Waals surface area contributed by atoms with E-state index in [1.165, 1.54) is 12.8 Å². The van der Waals surface area contributed by atoms with Crippen LogP contribution in [0.5, 0.6) is 0 Å². The molecule has 1 heterocycles. The lowest BCUT2D eigenvalue weighted by Gasteiger charge is -2.43. The first-order valence-corrected chi connectivity index (χ1v) is 15.6. The molecule has 3 aromatic carbocycles. The van der Waals surface area contributed by atoms with Crippen molar-refractivity contribution in [1.29, 1.82) is 0 Å². The van der Waals surface area contributed by atoms with Gasteiger partial charge in [-0.1, -0.05) is 91.0 Å². The van der Waals surface area contributed by atoms with E-state index in [-0.39, 0.29) is 12.3 Å². The largest absolute Gasteiger partial charge is 0.444 e. The van der Waals surface area contributed by atoms with Crippen LogP contribution < -0.4 is 0 Å². The van der Waals surface area contributed by atoms with Gasteiger partial charge in [0.1, 0.15) is 17.4 Å². The number of hydrogen-bond acceptors (Lipinski definition) is 4. The van der Waals surface area contributed by atoms with Crippen molar-refractivity contribution < 1.29 is 19.0 Å². The second kappa shape index (κ2) is 13.4. The smallest absolute Gasteiger partial charge is 0.412 e. The highest BCUT2D eigenvalue weighted by molar-refractivity contribution is 5.68. The van der Waals surface area contributed by atoms with E-state index in [1.807, 2.05) is 20.8 Å². The fourth-order valence-corrected chi connectivity index (χ4v) is 6.97. The fraction of sp³-hybridized carbons (Fsp3) is 0.486. The first-order valence-electron chi connectivity index (χ1n) is 15.6. The van der Waals surface area contributed by atoms with Crippen molar-refractivity contribution in [2.75, 3.05) is 20.3 Å². The Hall–Kier alpha value is -3.15. The highest BCUT2D eigenvalue weighted by Gasteiger charge is 2.40. The number of nitrogens with zero attached hydrogens (tertiary/aromatic N) is 1. The number of hydrogen-bond donors (Lipinski definition) is 0. The summed E-state index contributed by atoms with van der Waals surface area (Å²) in [6.45, 7) is 7.12. The molecule has 224 valence electrons. The third-order valence-electron chi connectivity index (χ3n) is 9.13. The molecule has 1 aliphatic heterocycles. The van der Waals surface area contributed by atoms with Crippen LogP contribution in [0.3, 0.4) is 0 Å². The molecule has 5 rings (SSSR count). The summed E-state index contributed by atoms with van der Waals surface area (Å²) in [5, 5.41) is 0. The lowest BCUT2D eigenvalue weighted by Crippen LogP contribution is -2.50. The van der Waals surface area contributed by atoms with Crippen LogP contribution >= 0.6 is 0 Å². The van der Waals surface area contributed by atoms with E-state index in [0.717, 1.165) is 42.4 Å². The minimum atomic E-state index is -0.666. The number of ether oxygens (including phenoxy) is 3. The molecular weight excluding hydrogens is 522 g/mol. The normalized spacial score (nSPS) is 23.4. The number of carbonyl (C=O) groups excluding carboxylic acids is 1. The molecule has 1 saturated carbocycles. The van der Waals surface area contributed by atoms with Gasteiger partial charge in [0.25, 0.3) is 0 Å². The molecule has 2 atom stereocenters. The number of carbonyl (C=O) groups is 1. The molecule has 0 bridgehead atoms. The number of piperidine rings is 1. The molecule has 1 saturated heterocycles. The molecule has 0 N–H and O–H groups in total. The van der Waals surface area contributed by atoms with Gasteiger partial charge in [0, 0.05) is 13.7 Å². The van der Waals surface area contributed by atoms with Gasteiger partial charge in [-0.25, -0.2) is 4.79 Å². The summed E-state index contributed by atoms with van der Waals surface area (Å²) in [6.07, 6.45) is 6.08. The van der Waals surface area contributed by atoms with E-state index in [1.54, 1.807) is 12.0 Å². The zero-order valence-electron chi connectivity index (χ0n) is 25.7. The Kier molecular flexibility index (Phi) is 9.70. The lowest BCUT2D eigenvalue weighted by molar-refractivity contribution is -0.0859. The van der Waals surface area contributed by atoms with Crippen LogP contribution in [0.2, 0.25) is 0 Å². The summed E-state index contributed by atoms with van der Waals surface area (Å²) in [5.74, 6) is 1.73. The molecular formula is C37H47NO4. The Balaban J connectivity index is 1.26. The summed E-state index contributed by atoms with van der Waals surface area (Å²) in [6, 6.07) is 31.9. The molecule has 5 nitrogen and oxygen atoms in total. The molecule has 0 radical (unpaired) electrons. The molecule has 2 aliphatic rings. The van der Waals surface area contributed by atoms with Crippen LogP contribution in [0.1, 0.15) is 76.0 Å². The molecule has 5 heteroatoms. The molecule has 1 amide bonds. The van der Waals surface area contributed by atoms with Crippen LogP contribution in [-0.2, 0) is 19.8 Å². The van der Waals surface area contributed by atoms with Gasteiger partial charge in [-0.3, -0.25) is 4.90 Å². The van der Waals surface area contributed by atoms with Gasteiger partial charge in [-0.05, 0) is 93.7 Å². The van der Waals surface area contributed by atoms with Gasteiger partial charge in [0.2, 0.25) is 0 Å². The zero-order valence-corrected chi connectivity index (χ0v) is 25.7. The first kappa shape index (κ1) is 30.3. The van der Waals surface area contributed by atoms with Crippen LogP contribution in [-0.4, -0.2) is 43.1 Å². The molecule has 3 aromatic rings. The van der Waals surface area contributed by atoms with E-state index in [0.29, 0.717) is 30.9 Å². The highest BCUT2D eigenvalue weighted by atomic mass is 16.6. The molecule has 42 heavy (non-hydrogen) atoms. The third kappa shape index (κ3) is 6.90. The molecule has 0 spiro atoms. The van der Waals surface area contributed by atoms with Gasteiger partial charge in [0.15, 0.2) is 0 Å². The van der Waals surface area contributed by atoms with Gasteiger partial charge in [0.05, 0.1) is 6.61 Å². The third-order valence-corrected chi connectivity index (χ3v) is 9.13. The lowest BCUT2D eigenvalue weighted by atomic mass is 9.72. The van der Waals surface area contributed by atoms with Crippen LogP contribution in [0.25, 0.3) is 0 Å². The van der Waals surface area contributed by atoms with Crippen molar-refractivity contribution in [2.45, 2.75) is 76.7 Å². The van der Waals surface area contributed by atoms with E-state index < -0.39 is 11.2 Å². The van der Waals surface area contributed by atoms with Crippen molar-refractivity contribution in [1.82, 2.24) is 4.90 Å². The monoisotopic (exact) mass is 569 g/mol. The zero-order chi connectivity index (χ0) is 29.6. The Morgan fingerprint density at radius 2 is 1.24 bits per heavy atom. The van der Waals surface area contributed by atoms with E-state index in [9.17, 15) is 4.79 Å². The van der Waals surface area contributed by atoms with Crippen molar-refractivity contribution >= 4 is 6.09 Å². The topological polar surface area (TPSA) is 48.0 Å². The summed E-state index contributed by atoms with van der Waals surface area (Å²) < 4.78 is 18.6. The average molecular weight is 570 g/mol.